The molecule has 6 heteroatoms. The number of alkyl carbamates (subject to hydrolysis) is 1. The molecule has 1 fully saturated rings. The van der Waals surface area contributed by atoms with E-state index in [1.807, 2.05) is 0 Å². The first-order valence-electron chi connectivity index (χ1n) is 6.45. The molecule has 19 heavy (non-hydrogen) atoms. The third-order valence-electron chi connectivity index (χ3n) is 3.06. The Balaban J connectivity index is 2.40. The molecule has 3 amide bonds. The molecule has 108 valence electrons. The summed E-state index contributed by atoms with van der Waals surface area (Å²) in [6, 6.07) is 0. The topological polar surface area (TPSA) is 75.7 Å². The number of carbonyl (C=O) groups excluding carboxylic acids is 3. The van der Waals surface area contributed by atoms with E-state index in [4.69, 9.17) is 4.74 Å². The summed E-state index contributed by atoms with van der Waals surface area (Å²) < 4.78 is 5.06. The Morgan fingerprint density at radius 3 is 2.11 bits per heavy atom. The number of hydrogen-bond donors (Lipinski definition) is 1. The highest BCUT2D eigenvalue weighted by atomic mass is 16.6. The van der Waals surface area contributed by atoms with Crippen LogP contribution < -0.4 is 5.32 Å². The predicted octanol–water partition coefficient (Wildman–Crippen LogP) is 1.15. The van der Waals surface area contributed by atoms with Crippen molar-refractivity contribution in [3.8, 4) is 0 Å². The van der Waals surface area contributed by atoms with Crippen molar-refractivity contribution in [3.05, 3.63) is 0 Å². The van der Waals surface area contributed by atoms with Crippen LogP contribution in [0, 0.1) is 11.8 Å². The molecule has 0 radical (unpaired) electrons. The minimum Gasteiger partial charge on any atom is -0.444 e. The smallest absolute Gasteiger partial charge is 0.407 e. The van der Waals surface area contributed by atoms with Gasteiger partial charge in [0, 0.05) is 24.9 Å². The van der Waals surface area contributed by atoms with Gasteiger partial charge in [0.25, 0.3) is 0 Å². The van der Waals surface area contributed by atoms with Gasteiger partial charge in [0.15, 0.2) is 0 Å². The highest BCUT2D eigenvalue weighted by Gasteiger charge is 2.41. The van der Waals surface area contributed by atoms with Gasteiger partial charge in [-0.15, -0.1) is 0 Å². The Morgan fingerprint density at radius 1 is 1.21 bits per heavy atom. The predicted molar refractivity (Wildman–Crippen MR) is 69.3 cm³/mol. The van der Waals surface area contributed by atoms with E-state index in [0.29, 0.717) is 0 Å². The van der Waals surface area contributed by atoms with Crippen molar-refractivity contribution in [3.63, 3.8) is 0 Å². The summed E-state index contributed by atoms with van der Waals surface area (Å²) in [7, 11) is 0. The lowest BCUT2D eigenvalue weighted by molar-refractivity contribution is -0.139. The van der Waals surface area contributed by atoms with Gasteiger partial charge in [-0.25, -0.2) is 4.79 Å². The van der Waals surface area contributed by atoms with Crippen molar-refractivity contribution in [1.82, 2.24) is 10.2 Å². The van der Waals surface area contributed by atoms with Crippen LogP contribution in [0.25, 0.3) is 0 Å². The van der Waals surface area contributed by atoms with Crippen LogP contribution in [0.15, 0.2) is 0 Å². The van der Waals surface area contributed by atoms with Gasteiger partial charge in [-0.05, 0) is 20.8 Å². The maximum atomic E-state index is 11.8. The second-order valence-electron chi connectivity index (χ2n) is 5.83. The van der Waals surface area contributed by atoms with E-state index in [1.165, 1.54) is 4.90 Å². The summed E-state index contributed by atoms with van der Waals surface area (Å²) in [6.45, 7) is 9.17. The van der Waals surface area contributed by atoms with Gasteiger partial charge in [-0.3, -0.25) is 14.5 Å². The number of imide groups is 1. The number of rotatable bonds is 3. The summed E-state index contributed by atoms with van der Waals surface area (Å²) in [6.07, 6.45) is -0.548. The van der Waals surface area contributed by atoms with Crippen LogP contribution in [0.5, 0.6) is 0 Å². The molecule has 0 saturated carbocycles. The Kier molecular flexibility index (Phi) is 4.55. The molecule has 1 N–H and O–H groups in total. The molecule has 0 aromatic rings. The molecule has 0 aromatic carbocycles. The van der Waals surface area contributed by atoms with Crippen LogP contribution in [0.3, 0.4) is 0 Å². The van der Waals surface area contributed by atoms with Gasteiger partial charge < -0.3 is 10.1 Å². The lowest BCUT2D eigenvalue weighted by Crippen LogP contribution is -2.40. The average Bonchev–Trinajstić information content (AvgIpc) is 2.44. The van der Waals surface area contributed by atoms with Crippen molar-refractivity contribution in [2.75, 3.05) is 13.1 Å². The van der Waals surface area contributed by atoms with Crippen LogP contribution in [0.4, 0.5) is 4.79 Å². The van der Waals surface area contributed by atoms with Gasteiger partial charge >= 0.3 is 6.09 Å². The van der Waals surface area contributed by atoms with Crippen LogP contribution in [-0.4, -0.2) is 41.5 Å². The highest BCUT2D eigenvalue weighted by Crippen LogP contribution is 2.24. The fourth-order valence-corrected chi connectivity index (χ4v) is 1.83. The maximum Gasteiger partial charge on any atom is 0.407 e. The highest BCUT2D eigenvalue weighted by molar-refractivity contribution is 6.04. The average molecular weight is 270 g/mol. The molecule has 1 aliphatic rings. The van der Waals surface area contributed by atoms with Crippen molar-refractivity contribution >= 4 is 17.9 Å². The second kappa shape index (κ2) is 5.59. The number of nitrogens with zero attached hydrogens (tertiary/aromatic N) is 1. The number of amides is 3. The quantitative estimate of drug-likeness (QED) is 0.781. The SMILES string of the molecule is C[C@H]1C(=O)N(CCNC(=O)OC(C)(C)C)C(=O)[C@@H]1C. The van der Waals surface area contributed by atoms with E-state index in [-0.39, 0.29) is 36.7 Å². The van der Waals surface area contributed by atoms with E-state index in [1.54, 1.807) is 34.6 Å². The summed E-state index contributed by atoms with van der Waals surface area (Å²) in [5.41, 5.74) is -0.563. The zero-order valence-corrected chi connectivity index (χ0v) is 12.1. The third-order valence-corrected chi connectivity index (χ3v) is 3.06. The third kappa shape index (κ3) is 3.94. The first kappa shape index (κ1) is 15.5. The van der Waals surface area contributed by atoms with E-state index < -0.39 is 11.7 Å². The molecule has 1 aliphatic heterocycles. The van der Waals surface area contributed by atoms with Gasteiger partial charge in [-0.1, -0.05) is 13.8 Å². The molecule has 0 aliphatic carbocycles. The van der Waals surface area contributed by atoms with Crippen molar-refractivity contribution in [2.24, 2.45) is 11.8 Å². The lowest BCUT2D eigenvalue weighted by atomic mass is 10.00. The molecule has 6 nitrogen and oxygen atoms in total. The van der Waals surface area contributed by atoms with Gasteiger partial charge in [-0.2, -0.15) is 0 Å². The zero-order chi connectivity index (χ0) is 14.8. The molecular weight excluding hydrogens is 248 g/mol. The number of ether oxygens (including phenoxy) is 1. The van der Waals surface area contributed by atoms with Crippen LogP contribution in [-0.2, 0) is 14.3 Å². The van der Waals surface area contributed by atoms with E-state index in [0.717, 1.165) is 0 Å². The molecule has 0 bridgehead atoms. The fourth-order valence-electron chi connectivity index (χ4n) is 1.83. The summed E-state index contributed by atoms with van der Waals surface area (Å²) >= 11 is 0. The number of nitrogens with one attached hydrogen (secondary N) is 1. The van der Waals surface area contributed by atoms with Crippen LogP contribution in [0.2, 0.25) is 0 Å². The number of likely N-dealkylation sites (tertiary alicyclic amines) is 1. The molecule has 1 saturated heterocycles. The van der Waals surface area contributed by atoms with Crippen LogP contribution >= 0.6 is 0 Å². The molecule has 0 aromatic heterocycles. The molecule has 1 heterocycles. The Bertz CT molecular complexity index is 367. The minimum atomic E-state index is -0.563. The minimum absolute atomic E-state index is 0.177. The van der Waals surface area contributed by atoms with E-state index in [9.17, 15) is 14.4 Å². The molecule has 1 rings (SSSR count). The number of hydrogen-bond acceptors (Lipinski definition) is 4. The van der Waals surface area contributed by atoms with Crippen molar-refractivity contribution in [2.45, 2.75) is 40.2 Å². The molecule has 0 unspecified atom stereocenters. The van der Waals surface area contributed by atoms with Crippen molar-refractivity contribution < 1.29 is 19.1 Å². The maximum absolute atomic E-state index is 11.8. The van der Waals surface area contributed by atoms with Gasteiger partial charge in [0.1, 0.15) is 5.60 Å². The normalized spacial score (nSPS) is 23.7. The molecule has 0 spiro atoms. The Morgan fingerprint density at radius 2 is 1.68 bits per heavy atom. The Hall–Kier alpha value is -1.59. The second-order valence-corrected chi connectivity index (χ2v) is 5.83. The largest absolute Gasteiger partial charge is 0.444 e. The summed E-state index contributed by atoms with van der Waals surface area (Å²) in [4.78, 5) is 36.2. The molecular formula is C13H22N2O4. The fraction of sp³-hybridized carbons (Fsp3) is 0.769. The molecule has 2 atom stereocenters. The van der Waals surface area contributed by atoms with Crippen LogP contribution in [0.1, 0.15) is 34.6 Å². The Labute approximate surface area is 113 Å². The summed E-state index contributed by atoms with van der Waals surface area (Å²) in [5.74, 6) is -0.921. The van der Waals surface area contributed by atoms with Gasteiger partial charge in [0.2, 0.25) is 11.8 Å². The monoisotopic (exact) mass is 270 g/mol. The van der Waals surface area contributed by atoms with E-state index in [2.05, 4.69) is 5.32 Å². The first-order chi connectivity index (χ1) is 8.63. The van der Waals surface area contributed by atoms with E-state index >= 15 is 0 Å². The number of carbonyl (C=O) groups is 3. The first-order valence-corrected chi connectivity index (χ1v) is 6.45. The lowest BCUT2D eigenvalue weighted by Gasteiger charge is -2.20. The van der Waals surface area contributed by atoms with Crippen molar-refractivity contribution in [1.29, 1.82) is 0 Å². The summed E-state index contributed by atoms with van der Waals surface area (Å²) in [5, 5.41) is 2.53. The zero-order valence-electron chi connectivity index (χ0n) is 12.1. The van der Waals surface area contributed by atoms with Gasteiger partial charge in [0.05, 0.1) is 0 Å². The standard InChI is InChI=1S/C13H22N2O4/c1-8-9(2)11(17)15(10(8)16)7-6-14-12(18)19-13(3,4)5/h8-9H,6-7H2,1-5H3,(H,14,18)/t8-,9-/m1/s1.